The number of aromatic nitrogens is 3. The highest BCUT2D eigenvalue weighted by Crippen LogP contribution is 2.19. The summed E-state index contributed by atoms with van der Waals surface area (Å²) in [5, 5.41) is 0. The largest absolute Gasteiger partial charge is 0.336 e. The Morgan fingerprint density at radius 1 is 1.43 bits per heavy atom. The molecule has 1 aliphatic rings. The van der Waals surface area contributed by atoms with E-state index in [1.807, 2.05) is 17.3 Å². The molecule has 0 aliphatic carbocycles. The summed E-state index contributed by atoms with van der Waals surface area (Å²) in [5.74, 6) is 0.00316. The molecule has 3 rings (SSSR count). The van der Waals surface area contributed by atoms with E-state index in [2.05, 4.69) is 37.7 Å². The summed E-state index contributed by atoms with van der Waals surface area (Å²) in [4.78, 5) is 20.9. The molecule has 1 atom stereocenters. The zero-order valence-electron chi connectivity index (χ0n) is 13.3. The van der Waals surface area contributed by atoms with Gasteiger partial charge in [-0.1, -0.05) is 6.92 Å². The molecule has 0 spiro atoms. The third-order valence-electron chi connectivity index (χ3n) is 4.32. The molecule has 1 aliphatic heterocycles. The lowest BCUT2D eigenvalue weighted by Crippen LogP contribution is -2.49. The highest BCUT2D eigenvalue weighted by Gasteiger charge is 2.28. The van der Waals surface area contributed by atoms with Crippen molar-refractivity contribution in [1.29, 1.82) is 0 Å². The van der Waals surface area contributed by atoms with Crippen LogP contribution in [0.4, 0.5) is 0 Å². The minimum atomic E-state index is 0.00316. The number of nitrogens with zero attached hydrogens (tertiary/aromatic N) is 5. The predicted octanol–water partition coefficient (Wildman–Crippen LogP) is 2.06. The molecule has 3 heterocycles. The van der Waals surface area contributed by atoms with Crippen molar-refractivity contribution in [1.82, 2.24) is 23.5 Å². The van der Waals surface area contributed by atoms with Crippen LogP contribution in [0.15, 0.2) is 30.7 Å². The number of pyridine rings is 1. The molecule has 1 fully saturated rings. The first-order chi connectivity index (χ1) is 11.3. The molecule has 2 aromatic heterocycles. The van der Waals surface area contributed by atoms with Gasteiger partial charge in [-0.3, -0.25) is 14.7 Å². The van der Waals surface area contributed by atoms with Crippen molar-refractivity contribution in [3.63, 3.8) is 0 Å². The van der Waals surface area contributed by atoms with Crippen LogP contribution in [0.5, 0.6) is 0 Å². The predicted molar refractivity (Wildman–Crippen MR) is 89.2 cm³/mol. The Morgan fingerprint density at radius 3 is 2.96 bits per heavy atom. The summed E-state index contributed by atoms with van der Waals surface area (Å²) in [6, 6.07) is 4.49. The van der Waals surface area contributed by atoms with Crippen molar-refractivity contribution >= 4 is 17.6 Å². The van der Waals surface area contributed by atoms with E-state index in [0.29, 0.717) is 11.7 Å². The van der Waals surface area contributed by atoms with Crippen LogP contribution in [0, 0.1) is 0 Å². The van der Waals surface area contributed by atoms with Crippen molar-refractivity contribution in [2.75, 3.05) is 19.6 Å². The summed E-state index contributed by atoms with van der Waals surface area (Å²) in [7, 11) is 0. The van der Waals surface area contributed by atoms with E-state index >= 15 is 0 Å². The van der Waals surface area contributed by atoms with Gasteiger partial charge in [0.05, 0.1) is 17.9 Å². The van der Waals surface area contributed by atoms with Gasteiger partial charge in [0.25, 0.3) is 5.91 Å². The molecule has 1 saturated heterocycles. The second kappa shape index (κ2) is 7.61. The van der Waals surface area contributed by atoms with Gasteiger partial charge in [0.2, 0.25) is 0 Å². The average molecular weight is 331 g/mol. The van der Waals surface area contributed by atoms with Crippen molar-refractivity contribution in [3.8, 4) is 0 Å². The Hall–Kier alpha value is -1.86. The molecule has 1 unspecified atom stereocenters. The normalized spacial score (nSPS) is 18.3. The fourth-order valence-corrected chi connectivity index (χ4v) is 3.49. The summed E-state index contributed by atoms with van der Waals surface area (Å²) < 4.78 is 8.00. The summed E-state index contributed by atoms with van der Waals surface area (Å²) in [6.07, 6.45) is 7.37. The Bertz CT molecular complexity index is 619. The molecule has 2 aromatic rings. The van der Waals surface area contributed by atoms with Gasteiger partial charge in [0.1, 0.15) is 0 Å². The van der Waals surface area contributed by atoms with E-state index in [1.165, 1.54) is 5.56 Å². The van der Waals surface area contributed by atoms with Crippen molar-refractivity contribution in [3.05, 3.63) is 42.0 Å². The van der Waals surface area contributed by atoms with Gasteiger partial charge >= 0.3 is 0 Å². The van der Waals surface area contributed by atoms with Gasteiger partial charge in [-0.2, -0.15) is 8.75 Å². The SMILES string of the molecule is CCN(Cc1ccncc1)C1CCCN(C(=O)c2cnsn2)C1. The number of carbonyl (C=O) groups excluding carboxylic acids is 1. The molecule has 0 N–H and O–H groups in total. The monoisotopic (exact) mass is 331 g/mol. The highest BCUT2D eigenvalue weighted by molar-refractivity contribution is 6.99. The summed E-state index contributed by atoms with van der Waals surface area (Å²) in [5.41, 5.74) is 1.72. The van der Waals surface area contributed by atoms with Crippen LogP contribution in [-0.2, 0) is 6.54 Å². The van der Waals surface area contributed by atoms with Crippen molar-refractivity contribution in [2.24, 2.45) is 0 Å². The molecule has 0 aromatic carbocycles. The van der Waals surface area contributed by atoms with Gasteiger partial charge in [-0.15, -0.1) is 0 Å². The van der Waals surface area contributed by atoms with E-state index < -0.39 is 0 Å². The molecular formula is C16H21N5OS. The highest BCUT2D eigenvalue weighted by atomic mass is 32.1. The second-order valence-corrected chi connectivity index (χ2v) is 6.32. The minimum absolute atomic E-state index is 0.00316. The van der Waals surface area contributed by atoms with Gasteiger partial charge in [-0.05, 0) is 37.1 Å². The molecule has 0 bridgehead atoms. The van der Waals surface area contributed by atoms with E-state index in [-0.39, 0.29) is 5.91 Å². The van der Waals surface area contributed by atoms with Crippen LogP contribution < -0.4 is 0 Å². The van der Waals surface area contributed by atoms with Crippen LogP contribution >= 0.6 is 11.7 Å². The number of carbonyl (C=O) groups is 1. The molecular weight excluding hydrogens is 310 g/mol. The maximum atomic E-state index is 12.5. The molecule has 23 heavy (non-hydrogen) atoms. The van der Waals surface area contributed by atoms with Gasteiger partial charge in [0.15, 0.2) is 5.69 Å². The quantitative estimate of drug-likeness (QED) is 0.839. The van der Waals surface area contributed by atoms with Gasteiger partial charge in [-0.25, -0.2) is 0 Å². The fourth-order valence-electron chi connectivity index (χ4n) is 3.08. The molecule has 0 saturated carbocycles. The number of rotatable bonds is 5. The second-order valence-electron chi connectivity index (χ2n) is 5.76. The first-order valence-corrected chi connectivity index (χ1v) is 8.70. The Labute approximate surface area is 140 Å². The Morgan fingerprint density at radius 2 is 2.26 bits per heavy atom. The molecule has 6 nitrogen and oxygen atoms in total. The Balaban J connectivity index is 1.65. The topological polar surface area (TPSA) is 62.2 Å². The molecule has 1 amide bonds. The number of likely N-dealkylation sites (tertiary alicyclic amines) is 1. The number of amides is 1. The van der Waals surface area contributed by atoms with Crippen LogP contribution in [0.1, 0.15) is 35.8 Å². The first-order valence-electron chi connectivity index (χ1n) is 7.97. The number of hydrogen-bond donors (Lipinski definition) is 0. The van der Waals surface area contributed by atoms with Gasteiger partial charge in [0, 0.05) is 38.1 Å². The van der Waals surface area contributed by atoms with Crippen LogP contribution in [0.2, 0.25) is 0 Å². The minimum Gasteiger partial charge on any atom is -0.336 e. The van der Waals surface area contributed by atoms with Crippen molar-refractivity contribution < 1.29 is 4.79 Å². The van der Waals surface area contributed by atoms with E-state index in [1.54, 1.807) is 6.20 Å². The van der Waals surface area contributed by atoms with E-state index in [4.69, 9.17) is 0 Å². The standard InChI is InChI=1S/C16H21N5OS/c1-2-20(11-13-5-7-17-8-6-13)14-4-3-9-21(12-14)16(22)15-10-18-23-19-15/h5-8,10,14H,2-4,9,11-12H2,1H3. The zero-order chi connectivity index (χ0) is 16.1. The first kappa shape index (κ1) is 16.0. The average Bonchev–Trinajstić information content (AvgIpc) is 3.14. The van der Waals surface area contributed by atoms with Crippen molar-refractivity contribution in [2.45, 2.75) is 32.4 Å². The van der Waals surface area contributed by atoms with Crippen LogP contribution in [-0.4, -0.2) is 55.1 Å². The van der Waals surface area contributed by atoms with E-state index in [9.17, 15) is 4.79 Å². The fraction of sp³-hybridized carbons (Fsp3) is 0.500. The number of likely N-dealkylation sites (N-methyl/N-ethyl adjacent to an activating group) is 1. The third kappa shape index (κ3) is 3.92. The summed E-state index contributed by atoms with van der Waals surface area (Å²) >= 11 is 1.08. The van der Waals surface area contributed by atoms with Crippen LogP contribution in [0.25, 0.3) is 0 Å². The lowest BCUT2D eigenvalue weighted by molar-refractivity contribution is 0.0565. The maximum Gasteiger partial charge on any atom is 0.275 e. The maximum absolute atomic E-state index is 12.5. The summed E-state index contributed by atoms with van der Waals surface area (Å²) in [6.45, 7) is 5.60. The number of hydrogen-bond acceptors (Lipinski definition) is 6. The van der Waals surface area contributed by atoms with Crippen LogP contribution in [0.3, 0.4) is 0 Å². The Kier molecular flexibility index (Phi) is 5.30. The molecule has 122 valence electrons. The molecule has 7 heteroatoms. The smallest absolute Gasteiger partial charge is 0.275 e. The van der Waals surface area contributed by atoms with Gasteiger partial charge < -0.3 is 4.90 Å². The molecule has 0 radical (unpaired) electrons. The lowest BCUT2D eigenvalue weighted by Gasteiger charge is -2.38. The lowest BCUT2D eigenvalue weighted by atomic mass is 10.0. The number of piperidine rings is 1. The zero-order valence-corrected chi connectivity index (χ0v) is 14.1. The third-order valence-corrected chi connectivity index (χ3v) is 4.80. The van der Waals surface area contributed by atoms with E-state index in [0.717, 1.165) is 50.7 Å².